The summed E-state index contributed by atoms with van der Waals surface area (Å²) in [5.41, 5.74) is 1.09. The molecule has 0 aliphatic heterocycles. The minimum absolute atomic E-state index is 0.214. The van der Waals surface area contributed by atoms with Crippen LogP contribution in [0.5, 0.6) is 0 Å². The first-order valence-electron chi connectivity index (χ1n) is 5.16. The number of anilines is 1. The second kappa shape index (κ2) is 6.34. The van der Waals surface area contributed by atoms with Crippen LogP contribution >= 0.6 is 15.9 Å². The number of halogens is 1. The molecule has 1 rings (SSSR count). The number of methoxy groups -OCH3 is 1. The van der Waals surface area contributed by atoms with Gasteiger partial charge in [0, 0.05) is 6.54 Å². The van der Waals surface area contributed by atoms with Crippen molar-refractivity contribution in [1.82, 2.24) is 9.78 Å². The van der Waals surface area contributed by atoms with Crippen molar-refractivity contribution in [3.8, 4) is 0 Å². The molecule has 0 fully saturated rings. The minimum atomic E-state index is -0.529. The van der Waals surface area contributed by atoms with E-state index in [9.17, 15) is 9.59 Å². The van der Waals surface area contributed by atoms with Crippen LogP contribution in [0.2, 0.25) is 0 Å². The second-order valence-electron chi connectivity index (χ2n) is 3.72. The third-order valence-electron chi connectivity index (χ3n) is 2.07. The summed E-state index contributed by atoms with van der Waals surface area (Å²) in [4.78, 5) is 22.9. The number of carbonyl (C=O) groups excluding carboxylic acids is 1. The zero-order valence-corrected chi connectivity index (χ0v) is 11.8. The molecule has 1 N–H and O–H groups in total. The number of nitrogens with one attached hydrogen (secondary N) is 1. The standard InChI is InChI=1S/C11H14BrN3O3/c1-7(2)4-13-8-5-14-15(6-9(16)18-3)11(17)10(8)12/h5,13H,1,4,6H2,2-3H3. The van der Waals surface area contributed by atoms with E-state index in [1.807, 2.05) is 6.92 Å². The van der Waals surface area contributed by atoms with Crippen molar-refractivity contribution < 1.29 is 9.53 Å². The predicted molar refractivity (Wildman–Crippen MR) is 71.5 cm³/mol. The fourth-order valence-corrected chi connectivity index (χ4v) is 1.58. The first kappa shape index (κ1) is 14.4. The molecular formula is C11H14BrN3O3. The van der Waals surface area contributed by atoms with Crippen molar-refractivity contribution in [1.29, 1.82) is 0 Å². The summed E-state index contributed by atoms with van der Waals surface area (Å²) in [5.74, 6) is -0.529. The van der Waals surface area contributed by atoms with E-state index in [-0.39, 0.29) is 6.54 Å². The van der Waals surface area contributed by atoms with Gasteiger partial charge in [-0.15, -0.1) is 0 Å². The molecule has 0 saturated heterocycles. The van der Waals surface area contributed by atoms with E-state index < -0.39 is 11.5 Å². The summed E-state index contributed by atoms with van der Waals surface area (Å²) >= 11 is 3.18. The highest BCUT2D eigenvalue weighted by atomic mass is 79.9. The van der Waals surface area contributed by atoms with Crippen LogP contribution in [-0.2, 0) is 16.1 Å². The van der Waals surface area contributed by atoms with Gasteiger partial charge in [0.1, 0.15) is 11.0 Å². The minimum Gasteiger partial charge on any atom is -0.468 e. The number of rotatable bonds is 5. The molecular weight excluding hydrogens is 302 g/mol. The molecule has 0 saturated carbocycles. The third-order valence-corrected chi connectivity index (χ3v) is 2.84. The monoisotopic (exact) mass is 315 g/mol. The van der Waals surface area contributed by atoms with Gasteiger partial charge in [-0.1, -0.05) is 12.2 Å². The summed E-state index contributed by atoms with van der Waals surface area (Å²) < 4.78 is 5.83. The van der Waals surface area contributed by atoms with E-state index in [2.05, 4.69) is 37.7 Å². The van der Waals surface area contributed by atoms with Gasteiger partial charge < -0.3 is 10.1 Å². The lowest BCUT2D eigenvalue weighted by molar-refractivity contribution is -0.141. The lowest BCUT2D eigenvalue weighted by atomic mass is 10.3. The van der Waals surface area contributed by atoms with Crippen molar-refractivity contribution in [2.24, 2.45) is 0 Å². The normalized spacial score (nSPS) is 9.94. The van der Waals surface area contributed by atoms with Crippen molar-refractivity contribution in [3.05, 3.63) is 33.2 Å². The van der Waals surface area contributed by atoms with Crippen LogP contribution in [0, 0.1) is 0 Å². The molecule has 0 unspecified atom stereocenters. The van der Waals surface area contributed by atoms with Gasteiger partial charge in [-0.05, 0) is 22.9 Å². The van der Waals surface area contributed by atoms with E-state index in [4.69, 9.17) is 0 Å². The Bertz CT molecular complexity index is 525. The summed E-state index contributed by atoms with van der Waals surface area (Å²) in [5, 5.41) is 6.90. The zero-order chi connectivity index (χ0) is 13.7. The molecule has 0 aromatic carbocycles. The van der Waals surface area contributed by atoms with E-state index in [1.165, 1.54) is 13.3 Å². The molecule has 0 aliphatic carbocycles. The number of hydrogen-bond donors (Lipinski definition) is 1. The molecule has 0 spiro atoms. The number of ether oxygens (including phenoxy) is 1. The molecule has 7 heteroatoms. The maximum absolute atomic E-state index is 11.9. The van der Waals surface area contributed by atoms with Crippen LogP contribution in [0.1, 0.15) is 6.92 Å². The van der Waals surface area contributed by atoms with E-state index in [0.29, 0.717) is 16.7 Å². The van der Waals surface area contributed by atoms with Crippen molar-refractivity contribution in [3.63, 3.8) is 0 Å². The SMILES string of the molecule is C=C(C)CNc1cnn(CC(=O)OC)c(=O)c1Br. The van der Waals surface area contributed by atoms with E-state index in [1.54, 1.807) is 0 Å². The first-order chi connectivity index (χ1) is 8.45. The largest absolute Gasteiger partial charge is 0.468 e. The number of aromatic nitrogens is 2. The Kier molecular flexibility index (Phi) is 5.08. The average molecular weight is 316 g/mol. The first-order valence-corrected chi connectivity index (χ1v) is 5.95. The summed E-state index contributed by atoms with van der Waals surface area (Å²) in [6.45, 7) is 5.94. The van der Waals surface area contributed by atoms with Crippen LogP contribution in [0.3, 0.4) is 0 Å². The quantitative estimate of drug-likeness (QED) is 0.652. The molecule has 98 valence electrons. The summed E-state index contributed by atoms with van der Waals surface area (Å²) in [6, 6.07) is 0. The molecule has 1 aromatic rings. The predicted octanol–water partition coefficient (Wildman–Crippen LogP) is 1.17. The fourth-order valence-electron chi connectivity index (χ4n) is 1.13. The van der Waals surface area contributed by atoms with E-state index >= 15 is 0 Å². The van der Waals surface area contributed by atoms with Gasteiger partial charge in [0.05, 0.1) is 19.0 Å². The fraction of sp³-hybridized carbons (Fsp3) is 0.364. The Morgan fingerprint density at radius 1 is 1.67 bits per heavy atom. The number of nitrogens with zero attached hydrogens (tertiary/aromatic N) is 2. The van der Waals surface area contributed by atoms with Crippen molar-refractivity contribution >= 4 is 27.6 Å². The molecule has 18 heavy (non-hydrogen) atoms. The molecule has 0 bridgehead atoms. The van der Waals surface area contributed by atoms with Gasteiger partial charge in [-0.25, -0.2) is 4.68 Å². The Labute approximate surface area is 113 Å². The summed E-state index contributed by atoms with van der Waals surface area (Å²) in [7, 11) is 1.26. The maximum atomic E-state index is 11.9. The molecule has 0 atom stereocenters. The molecule has 0 aliphatic rings. The second-order valence-corrected chi connectivity index (χ2v) is 4.51. The maximum Gasteiger partial charge on any atom is 0.327 e. The summed E-state index contributed by atoms with van der Waals surface area (Å²) in [6.07, 6.45) is 1.47. The number of hydrogen-bond acceptors (Lipinski definition) is 5. The van der Waals surface area contributed by atoms with Crippen LogP contribution in [0.25, 0.3) is 0 Å². The Morgan fingerprint density at radius 2 is 2.33 bits per heavy atom. The van der Waals surface area contributed by atoms with Gasteiger partial charge in [0.15, 0.2) is 0 Å². The van der Waals surface area contributed by atoms with Crippen LogP contribution in [-0.4, -0.2) is 29.4 Å². The highest BCUT2D eigenvalue weighted by molar-refractivity contribution is 9.10. The lowest BCUT2D eigenvalue weighted by Gasteiger charge is -2.09. The third kappa shape index (κ3) is 3.69. The number of esters is 1. The van der Waals surface area contributed by atoms with Crippen LogP contribution < -0.4 is 10.9 Å². The smallest absolute Gasteiger partial charge is 0.327 e. The number of carbonyl (C=O) groups is 1. The molecule has 1 heterocycles. The highest BCUT2D eigenvalue weighted by Gasteiger charge is 2.11. The molecule has 6 nitrogen and oxygen atoms in total. The van der Waals surface area contributed by atoms with Gasteiger partial charge in [0.2, 0.25) is 0 Å². The lowest BCUT2D eigenvalue weighted by Crippen LogP contribution is -2.28. The van der Waals surface area contributed by atoms with Gasteiger partial charge in [-0.3, -0.25) is 9.59 Å². The molecule has 1 aromatic heterocycles. The molecule has 0 radical (unpaired) electrons. The van der Waals surface area contributed by atoms with Gasteiger partial charge >= 0.3 is 5.97 Å². The van der Waals surface area contributed by atoms with Crippen LogP contribution in [0.15, 0.2) is 27.6 Å². The zero-order valence-electron chi connectivity index (χ0n) is 10.2. The van der Waals surface area contributed by atoms with Crippen LogP contribution in [0.4, 0.5) is 5.69 Å². The Balaban J connectivity index is 2.94. The average Bonchev–Trinajstić information content (AvgIpc) is 2.33. The van der Waals surface area contributed by atoms with E-state index in [0.717, 1.165) is 10.3 Å². The Hall–Kier alpha value is -1.63. The molecule has 0 amide bonds. The highest BCUT2D eigenvalue weighted by Crippen LogP contribution is 2.16. The van der Waals surface area contributed by atoms with Gasteiger partial charge in [0.25, 0.3) is 5.56 Å². The van der Waals surface area contributed by atoms with Crippen molar-refractivity contribution in [2.45, 2.75) is 13.5 Å². The Morgan fingerprint density at radius 3 is 2.89 bits per heavy atom. The topological polar surface area (TPSA) is 73.2 Å². The van der Waals surface area contributed by atoms with Crippen molar-refractivity contribution in [2.75, 3.05) is 19.0 Å². The van der Waals surface area contributed by atoms with Gasteiger partial charge in [-0.2, -0.15) is 5.10 Å².